The van der Waals surface area contributed by atoms with Gasteiger partial charge in [0.15, 0.2) is 0 Å². The van der Waals surface area contributed by atoms with Crippen LogP contribution in [0.1, 0.15) is 31.2 Å². The van der Waals surface area contributed by atoms with Gasteiger partial charge in [0.1, 0.15) is 5.69 Å². The van der Waals surface area contributed by atoms with Crippen LogP contribution in [0, 0.1) is 0 Å². The third-order valence-electron chi connectivity index (χ3n) is 1.76. The van der Waals surface area contributed by atoms with Crippen LogP contribution in [0.4, 0.5) is 0 Å². The van der Waals surface area contributed by atoms with Crippen LogP contribution in [-0.4, -0.2) is 17.1 Å². The number of ether oxygens (including phenoxy) is 1. The Morgan fingerprint density at radius 3 is 2.69 bits per heavy atom. The van der Waals surface area contributed by atoms with Gasteiger partial charge in [-0.3, -0.25) is 0 Å². The topological polar surface area (TPSA) is 61.0 Å². The zero-order valence-electron chi connectivity index (χ0n) is 8.24. The van der Waals surface area contributed by atoms with Gasteiger partial charge in [-0.15, -0.1) is 0 Å². The molecule has 1 rings (SSSR count). The van der Waals surface area contributed by atoms with Gasteiger partial charge in [0.2, 0.25) is 5.88 Å². The predicted octanol–water partition coefficient (Wildman–Crippen LogP) is 1.07. The molecule has 0 aromatic carbocycles. The summed E-state index contributed by atoms with van der Waals surface area (Å²) in [5, 5.41) is 0. The molecule has 1 heterocycles. The molecule has 0 saturated carbocycles. The van der Waals surface area contributed by atoms with Gasteiger partial charge in [-0.25, -0.2) is 9.97 Å². The highest BCUT2D eigenvalue weighted by molar-refractivity contribution is 5.22. The highest BCUT2D eigenvalue weighted by Gasteiger charge is 2.10. The van der Waals surface area contributed by atoms with Crippen LogP contribution in [0.3, 0.4) is 0 Å². The minimum Gasteiger partial charge on any atom is -0.480 e. The molecule has 4 heteroatoms. The number of aromatic nitrogens is 2. The van der Waals surface area contributed by atoms with Crippen molar-refractivity contribution in [2.24, 2.45) is 5.73 Å². The maximum absolute atomic E-state index is 5.47. The lowest BCUT2D eigenvalue weighted by atomic mass is 10.1. The highest BCUT2D eigenvalue weighted by Crippen LogP contribution is 2.21. The molecule has 0 radical (unpaired) electrons. The Kier molecular flexibility index (Phi) is 3.19. The molecule has 0 amide bonds. The van der Waals surface area contributed by atoms with E-state index in [4.69, 9.17) is 10.5 Å². The van der Waals surface area contributed by atoms with E-state index in [1.165, 1.54) is 0 Å². The van der Waals surface area contributed by atoms with Crippen molar-refractivity contribution < 1.29 is 4.74 Å². The second-order valence-corrected chi connectivity index (χ2v) is 3.11. The van der Waals surface area contributed by atoms with Crippen molar-refractivity contribution >= 4 is 0 Å². The monoisotopic (exact) mass is 181 g/mol. The van der Waals surface area contributed by atoms with Crippen molar-refractivity contribution in [1.29, 1.82) is 0 Å². The molecule has 1 aromatic heterocycles. The molecule has 72 valence electrons. The molecule has 0 aliphatic rings. The van der Waals surface area contributed by atoms with Gasteiger partial charge >= 0.3 is 0 Å². The van der Waals surface area contributed by atoms with Gasteiger partial charge in [0.25, 0.3) is 0 Å². The normalized spacial score (nSPS) is 10.5. The van der Waals surface area contributed by atoms with Gasteiger partial charge in [-0.2, -0.15) is 0 Å². The van der Waals surface area contributed by atoms with Gasteiger partial charge in [0.05, 0.1) is 19.0 Å². The van der Waals surface area contributed by atoms with Gasteiger partial charge in [-0.05, 0) is 0 Å². The highest BCUT2D eigenvalue weighted by atomic mass is 16.5. The fourth-order valence-corrected chi connectivity index (χ4v) is 1.06. The number of methoxy groups -OCH3 is 1. The standard InChI is InChI=1S/C9H15N3O/c1-6(2)8-9(13-3)11-5-7(4-10)12-8/h5-6H,4,10H2,1-3H3. The van der Waals surface area contributed by atoms with E-state index in [0.29, 0.717) is 18.3 Å². The Morgan fingerprint density at radius 1 is 1.54 bits per heavy atom. The summed E-state index contributed by atoms with van der Waals surface area (Å²) in [5.74, 6) is 0.890. The van der Waals surface area contributed by atoms with E-state index in [1.54, 1.807) is 13.3 Å². The van der Waals surface area contributed by atoms with E-state index < -0.39 is 0 Å². The average molecular weight is 181 g/mol. The van der Waals surface area contributed by atoms with Crippen LogP contribution in [0.15, 0.2) is 6.20 Å². The SMILES string of the molecule is COc1ncc(CN)nc1C(C)C. The maximum Gasteiger partial charge on any atom is 0.235 e. The minimum absolute atomic E-state index is 0.300. The van der Waals surface area contributed by atoms with Crippen LogP contribution in [-0.2, 0) is 6.54 Å². The predicted molar refractivity (Wildman–Crippen MR) is 50.6 cm³/mol. The molecule has 0 fully saturated rings. The van der Waals surface area contributed by atoms with Gasteiger partial charge in [0, 0.05) is 12.5 Å². The Labute approximate surface area is 78.1 Å². The molecule has 0 aliphatic carbocycles. The van der Waals surface area contributed by atoms with Crippen LogP contribution in [0.5, 0.6) is 5.88 Å². The van der Waals surface area contributed by atoms with Crippen LogP contribution < -0.4 is 10.5 Å². The smallest absolute Gasteiger partial charge is 0.235 e. The molecule has 0 aliphatic heterocycles. The minimum atomic E-state index is 0.300. The van der Waals surface area contributed by atoms with Gasteiger partial charge in [-0.1, -0.05) is 13.8 Å². The van der Waals surface area contributed by atoms with E-state index in [2.05, 4.69) is 9.97 Å². The summed E-state index contributed by atoms with van der Waals surface area (Å²) in [6.45, 7) is 4.51. The summed E-state index contributed by atoms with van der Waals surface area (Å²) in [4.78, 5) is 8.47. The van der Waals surface area contributed by atoms with Crippen molar-refractivity contribution in [3.8, 4) is 5.88 Å². The molecule has 13 heavy (non-hydrogen) atoms. The largest absolute Gasteiger partial charge is 0.480 e. The third-order valence-corrected chi connectivity index (χ3v) is 1.76. The zero-order chi connectivity index (χ0) is 9.84. The third kappa shape index (κ3) is 2.15. The number of hydrogen-bond donors (Lipinski definition) is 1. The first-order valence-corrected chi connectivity index (χ1v) is 4.29. The second-order valence-electron chi connectivity index (χ2n) is 3.11. The zero-order valence-corrected chi connectivity index (χ0v) is 8.24. The first-order chi connectivity index (χ1) is 6.19. The van der Waals surface area contributed by atoms with E-state index in [1.807, 2.05) is 13.8 Å². The molecule has 0 saturated heterocycles. The lowest BCUT2D eigenvalue weighted by Crippen LogP contribution is -2.06. The summed E-state index contributed by atoms with van der Waals surface area (Å²) in [6.07, 6.45) is 1.64. The number of nitrogens with zero attached hydrogens (tertiary/aromatic N) is 2. The molecule has 0 unspecified atom stereocenters. The van der Waals surface area contributed by atoms with Crippen LogP contribution in [0.2, 0.25) is 0 Å². The van der Waals surface area contributed by atoms with E-state index in [0.717, 1.165) is 11.4 Å². The first kappa shape index (κ1) is 9.92. The van der Waals surface area contributed by atoms with Gasteiger partial charge < -0.3 is 10.5 Å². The lowest BCUT2D eigenvalue weighted by Gasteiger charge is -2.10. The molecule has 0 bridgehead atoms. The second kappa shape index (κ2) is 4.18. The van der Waals surface area contributed by atoms with Crippen LogP contribution >= 0.6 is 0 Å². The van der Waals surface area contributed by atoms with Crippen molar-refractivity contribution in [2.75, 3.05) is 7.11 Å². The van der Waals surface area contributed by atoms with E-state index in [-0.39, 0.29) is 0 Å². The Balaban J connectivity index is 3.10. The lowest BCUT2D eigenvalue weighted by molar-refractivity contribution is 0.386. The number of hydrogen-bond acceptors (Lipinski definition) is 4. The molecule has 4 nitrogen and oxygen atoms in total. The Morgan fingerprint density at radius 2 is 2.23 bits per heavy atom. The molecule has 0 spiro atoms. The summed E-state index contributed by atoms with van der Waals surface area (Å²) in [6, 6.07) is 0. The van der Waals surface area contributed by atoms with Crippen molar-refractivity contribution in [3.63, 3.8) is 0 Å². The molecule has 0 atom stereocenters. The fraction of sp³-hybridized carbons (Fsp3) is 0.556. The summed E-state index contributed by atoms with van der Waals surface area (Å²) in [7, 11) is 1.60. The van der Waals surface area contributed by atoms with Crippen molar-refractivity contribution in [1.82, 2.24) is 9.97 Å². The van der Waals surface area contributed by atoms with Crippen molar-refractivity contribution in [3.05, 3.63) is 17.6 Å². The fourth-order valence-electron chi connectivity index (χ4n) is 1.06. The summed E-state index contributed by atoms with van der Waals surface area (Å²) in [5.41, 5.74) is 7.13. The van der Waals surface area contributed by atoms with Crippen molar-refractivity contribution in [2.45, 2.75) is 26.3 Å². The Hall–Kier alpha value is -1.16. The van der Waals surface area contributed by atoms with E-state index in [9.17, 15) is 0 Å². The Bertz CT molecular complexity index is 286. The summed E-state index contributed by atoms with van der Waals surface area (Å²) < 4.78 is 5.09. The maximum atomic E-state index is 5.47. The summed E-state index contributed by atoms with van der Waals surface area (Å²) >= 11 is 0. The molecule has 1 aromatic rings. The first-order valence-electron chi connectivity index (χ1n) is 4.29. The molecular weight excluding hydrogens is 166 g/mol. The quantitative estimate of drug-likeness (QED) is 0.757. The number of rotatable bonds is 3. The van der Waals surface area contributed by atoms with E-state index >= 15 is 0 Å². The average Bonchev–Trinajstić information content (AvgIpc) is 2.16. The molecule has 2 N–H and O–H groups in total. The van der Waals surface area contributed by atoms with Crippen LogP contribution in [0.25, 0.3) is 0 Å². The molecular formula is C9H15N3O. The number of nitrogens with two attached hydrogens (primary N) is 1.